The molecule has 120 valence electrons. The van der Waals surface area contributed by atoms with Gasteiger partial charge in [0.25, 0.3) is 0 Å². The molecule has 0 radical (unpaired) electrons. The zero-order chi connectivity index (χ0) is 15.9. The van der Waals surface area contributed by atoms with Crippen LogP contribution in [0.2, 0.25) is 0 Å². The van der Waals surface area contributed by atoms with Gasteiger partial charge in [-0.05, 0) is 18.6 Å². The van der Waals surface area contributed by atoms with E-state index in [-0.39, 0.29) is 35.3 Å². The second-order valence-electron chi connectivity index (χ2n) is 5.52. The number of hydrogen-bond donors (Lipinski definition) is 3. The molecule has 2 saturated heterocycles. The van der Waals surface area contributed by atoms with Crippen molar-refractivity contribution in [3.63, 3.8) is 0 Å². The Hall–Kier alpha value is -1.25. The first-order valence-electron chi connectivity index (χ1n) is 6.96. The molecular formula is C14H16F3N3OS. The van der Waals surface area contributed by atoms with E-state index in [9.17, 15) is 18.0 Å². The van der Waals surface area contributed by atoms with Crippen LogP contribution < -0.4 is 16.2 Å². The Bertz CT molecular complexity index is 581. The van der Waals surface area contributed by atoms with Gasteiger partial charge in [-0.3, -0.25) is 10.2 Å². The van der Waals surface area contributed by atoms with Gasteiger partial charge in [0.05, 0.1) is 17.5 Å². The van der Waals surface area contributed by atoms with E-state index in [1.807, 2.05) is 6.92 Å². The van der Waals surface area contributed by atoms with Gasteiger partial charge in [-0.2, -0.15) is 13.2 Å². The Kier molecular flexibility index (Phi) is 4.09. The lowest BCUT2D eigenvalue weighted by Crippen LogP contribution is -2.46. The fraction of sp³-hybridized carbons (Fsp3) is 0.500. The van der Waals surface area contributed by atoms with E-state index in [0.717, 1.165) is 6.07 Å². The van der Waals surface area contributed by atoms with Crippen molar-refractivity contribution < 1.29 is 18.0 Å². The largest absolute Gasteiger partial charge is 0.416 e. The Balaban J connectivity index is 2.04. The molecule has 1 amide bonds. The third-order valence-corrected chi connectivity index (χ3v) is 5.42. The van der Waals surface area contributed by atoms with E-state index in [4.69, 9.17) is 0 Å². The summed E-state index contributed by atoms with van der Waals surface area (Å²) < 4.78 is 39.9. The Labute approximate surface area is 130 Å². The molecule has 4 nitrogen and oxygen atoms in total. The van der Waals surface area contributed by atoms with Crippen molar-refractivity contribution in [1.82, 2.24) is 16.2 Å². The van der Waals surface area contributed by atoms with Crippen LogP contribution >= 0.6 is 11.8 Å². The fourth-order valence-electron chi connectivity index (χ4n) is 3.06. The van der Waals surface area contributed by atoms with Crippen molar-refractivity contribution in [1.29, 1.82) is 0 Å². The maximum Gasteiger partial charge on any atom is 0.416 e. The third kappa shape index (κ3) is 2.82. The number of hydrazine groups is 1. The quantitative estimate of drug-likeness (QED) is 0.737. The molecular weight excluding hydrogens is 315 g/mol. The second-order valence-corrected chi connectivity index (χ2v) is 6.65. The van der Waals surface area contributed by atoms with Crippen LogP contribution in [0.15, 0.2) is 24.3 Å². The number of rotatable bonds is 1. The lowest BCUT2D eigenvalue weighted by atomic mass is 9.89. The van der Waals surface area contributed by atoms with Crippen molar-refractivity contribution in [2.75, 3.05) is 5.75 Å². The number of benzene rings is 1. The van der Waals surface area contributed by atoms with Crippen LogP contribution in [0.1, 0.15) is 23.3 Å². The summed E-state index contributed by atoms with van der Waals surface area (Å²) in [4.78, 5) is 11.8. The number of fused-ring (bicyclic) bond motifs is 1. The number of halogens is 3. The van der Waals surface area contributed by atoms with E-state index in [2.05, 4.69) is 16.2 Å². The molecule has 22 heavy (non-hydrogen) atoms. The highest BCUT2D eigenvalue weighted by Crippen LogP contribution is 2.46. The number of carbonyl (C=O) groups excluding carboxylic acids is 1. The van der Waals surface area contributed by atoms with Gasteiger partial charge in [0.2, 0.25) is 5.91 Å². The van der Waals surface area contributed by atoms with Crippen LogP contribution in [-0.2, 0) is 11.0 Å². The third-order valence-electron chi connectivity index (χ3n) is 4.06. The summed E-state index contributed by atoms with van der Waals surface area (Å²) in [5, 5.41) is 2.40. The number of carbonyl (C=O) groups is 1. The minimum absolute atomic E-state index is 0.0535. The van der Waals surface area contributed by atoms with Gasteiger partial charge in [-0.25, -0.2) is 5.43 Å². The van der Waals surface area contributed by atoms with E-state index in [1.165, 1.54) is 23.9 Å². The molecule has 4 atom stereocenters. The average Bonchev–Trinajstić information content (AvgIpc) is 2.71. The van der Waals surface area contributed by atoms with Crippen LogP contribution in [0.3, 0.4) is 0 Å². The maximum atomic E-state index is 13.3. The van der Waals surface area contributed by atoms with E-state index in [1.54, 1.807) is 6.07 Å². The number of nitrogens with one attached hydrogen (secondary N) is 3. The van der Waals surface area contributed by atoms with Gasteiger partial charge in [0.1, 0.15) is 0 Å². The molecule has 0 spiro atoms. The predicted molar refractivity (Wildman–Crippen MR) is 77.8 cm³/mol. The van der Waals surface area contributed by atoms with Crippen molar-refractivity contribution in [2.45, 2.75) is 30.6 Å². The van der Waals surface area contributed by atoms with E-state index < -0.39 is 17.0 Å². The van der Waals surface area contributed by atoms with Crippen LogP contribution in [0, 0.1) is 5.92 Å². The van der Waals surface area contributed by atoms with Crippen molar-refractivity contribution >= 4 is 17.7 Å². The molecule has 2 heterocycles. The van der Waals surface area contributed by atoms with Gasteiger partial charge in [0, 0.05) is 17.2 Å². The number of alkyl halides is 3. The summed E-state index contributed by atoms with van der Waals surface area (Å²) in [6.07, 6.45) is -4.78. The van der Waals surface area contributed by atoms with Gasteiger partial charge in [-0.15, -0.1) is 11.8 Å². The molecule has 3 rings (SSSR count). The zero-order valence-corrected chi connectivity index (χ0v) is 12.6. The molecule has 0 saturated carbocycles. The van der Waals surface area contributed by atoms with Gasteiger partial charge >= 0.3 is 6.18 Å². The van der Waals surface area contributed by atoms with Crippen molar-refractivity contribution in [3.8, 4) is 0 Å². The smallest absolute Gasteiger partial charge is 0.338 e. The highest BCUT2D eigenvalue weighted by atomic mass is 32.2. The second kappa shape index (κ2) is 5.75. The Morgan fingerprint density at radius 2 is 1.95 bits per heavy atom. The molecule has 0 aromatic heterocycles. The maximum absolute atomic E-state index is 13.3. The molecule has 4 unspecified atom stereocenters. The van der Waals surface area contributed by atoms with Gasteiger partial charge in [-0.1, -0.05) is 18.2 Å². The first-order chi connectivity index (χ1) is 10.4. The molecule has 8 heteroatoms. The number of amides is 1. The lowest BCUT2D eigenvalue weighted by molar-refractivity contribution is -0.138. The molecule has 2 fully saturated rings. The molecule has 2 aliphatic heterocycles. The SMILES string of the molecule is CC1NNC2NC(=O)CSC(c3ccccc3C(F)(F)F)C12. The summed E-state index contributed by atoms with van der Waals surface area (Å²) in [6.45, 7) is 1.90. The van der Waals surface area contributed by atoms with Crippen LogP contribution in [-0.4, -0.2) is 23.9 Å². The van der Waals surface area contributed by atoms with Crippen LogP contribution in [0.4, 0.5) is 13.2 Å². The summed E-state index contributed by atoms with van der Waals surface area (Å²) in [7, 11) is 0. The first kappa shape index (κ1) is 15.6. The minimum Gasteiger partial charge on any atom is -0.338 e. The number of thioether (sulfide) groups is 1. The Morgan fingerprint density at radius 1 is 1.23 bits per heavy atom. The van der Waals surface area contributed by atoms with E-state index >= 15 is 0 Å². The molecule has 0 bridgehead atoms. The van der Waals surface area contributed by atoms with Crippen LogP contribution in [0.25, 0.3) is 0 Å². The van der Waals surface area contributed by atoms with Crippen molar-refractivity contribution in [2.24, 2.45) is 5.92 Å². The Morgan fingerprint density at radius 3 is 2.68 bits per heavy atom. The van der Waals surface area contributed by atoms with Crippen LogP contribution in [0.5, 0.6) is 0 Å². The van der Waals surface area contributed by atoms with Crippen molar-refractivity contribution in [3.05, 3.63) is 35.4 Å². The summed E-state index contributed by atoms with van der Waals surface area (Å²) >= 11 is 1.26. The average molecular weight is 331 g/mol. The summed E-state index contributed by atoms with van der Waals surface area (Å²) in [5.74, 6) is -0.187. The van der Waals surface area contributed by atoms with Gasteiger partial charge < -0.3 is 5.32 Å². The number of hydrogen-bond acceptors (Lipinski definition) is 4. The molecule has 3 N–H and O–H groups in total. The highest BCUT2D eigenvalue weighted by molar-refractivity contribution is 8.00. The molecule has 1 aromatic carbocycles. The fourth-order valence-corrected chi connectivity index (χ4v) is 4.48. The topological polar surface area (TPSA) is 53.2 Å². The van der Waals surface area contributed by atoms with E-state index in [0.29, 0.717) is 0 Å². The zero-order valence-electron chi connectivity index (χ0n) is 11.8. The monoisotopic (exact) mass is 331 g/mol. The summed E-state index contributed by atoms with van der Waals surface area (Å²) in [5.41, 5.74) is 5.58. The van der Waals surface area contributed by atoms with Gasteiger partial charge in [0.15, 0.2) is 0 Å². The molecule has 2 aliphatic rings. The minimum atomic E-state index is -4.40. The highest BCUT2D eigenvalue weighted by Gasteiger charge is 2.45. The molecule has 0 aliphatic carbocycles. The first-order valence-corrected chi connectivity index (χ1v) is 8.01. The molecule has 1 aromatic rings. The standard InChI is InChI=1S/C14H16F3N3OS/c1-7-11-12(22-6-10(21)18-13(11)20-19-7)8-4-2-3-5-9(8)14(15,16)17/h2-5,7,11-13,19-20H,6H2,1H3,(H,18,21). The lowest BCUT2D eigenvalue weighted by Gasteiger charge is -2.29. The summed E-state index contributed by atoms with van der Waals surface area (Å²) in [6, 6.07) is 5.57. The normalized spacial score (nSPS) is 32.3. The predicted octanol–water partition coefficient (Wildman–Crippen LogP) is 2.05.